The van der Waals surface area contributed by atoms with Crippen LogP contribution < -0.4 is 20.5 Å². The Kier molecular flexibility index (Phi) is 5.80. The molecule has 0 saturated heterocycles. The Morgan fingerprint density at radius 3 is 2.78 bits per heavy atom. The third-order valence-electron chi connectivity index (χ3n) is 3.03. The van der Waals surface area contributed by atoms with Crippen molar-refractivity contribution >= 4 is 11.6 Å². The molecule has 0 spiro atoms. The minimum absolute atomic E-state index is 0.203. The molecule has 5 nitrogen and oxygen atoms in total. The number of anilines is 1. The van der Waals surface area contributed by atoms with E-state index in [1.54, 1.807) is 32.2 Å². The van der Waals surface area contributed by atoms with Gasteiger partial charge in [-0.1, -0.05) is 18.2 Å². The lowest BCUT2D eigenvalue weighted by Crippen LogP contribution is -2.25. The number of para-hydroxylation sites is 1. The predicted molar refractivity (Wildman–Crippen MR) is 89.6 cm³/mol. The van der Waals surface area contributed by atoms with Gasteiger partial charge in [-0.25, -0.2) is 9.38 Å². The predicted octanol–water partition coefficient (Wildman–Crippen LogP) is 3.03. The lowest BCUT2D eigenvalue weighted by molar-refractivity contribution is 0.220. The first-order chi connectivity index (χ1) is 11.1. The van der Waals surface area contributed by atoms with Crippen molar-refractivity contribution in [1.29, 1.82) is 0 Å². The van der Waals surface area contributed by atoms with Crippen LogP contribution in [0.5, 0.6) is 11.5 Å². The first-order valence-corrected chi connectivity index (χ1v) is 7.20. The highest BCUT2D eigenvalue weighted by Crippen LogP contribution is 2.17. The third kappa shape index (κ3) is 5.18. The minimum atomic E-state index is -0.397. The molecule has 0 saturated carbocycles. The molecule has 1 atom stereocenters. The normalized spacial score (nSPS) is 12.6. The summed E-state index contributed by atoms with van der Waals surface area (Å²) in [7, 11) is 1.60. The largest absolute Gasteiger partial charge is 0.497 e. The van der Waals surface area contributed by atoms with Gasteiger partial charge < -0.3 is 20.5 Å². The van der Waals surface area contributed by atoms with Crippen molar-refractivity contribution in [3.05, 3.63) is 54.3 Å². The summed E-state index contributed by atoms with van der Waals surface area (Å²) in [4.78, 5) is 4.20. The molecule has 0 heterocycles. The Bertz CT molecular complexity index is 676. The Morgan fingerprint density at radius 1 is 1.26 bits per heavy atom. The molecule has 0 aliphatic carbocycles. The van der Waals surface area contributed by atoms with Crippen molar-refractivity contribution in [1.82, 2.24) is 0 Å². The van der Waals surface area contributed by atoms with Crippen LogP contribution in [0.4, 0.5) is 10.1 Å². The maximum absolute atomic E-state index is 13.5. The highest BCUT2D eigenvalue weighted by atomic mass is 19.1. The van der Waals surface area contributed by atoms with Gasteiger partial charge in [-0.15, -0.1) is 0 Å². The first-order valence-electron chi connectivity index (χ1n) is 7.20. The zero-order valence-corrected chi connectivity index (χ0v) is 13.1. The van der Waals surface area contributed by atoms with E-state index in [9.17, 15) is 4.39 Å². The summed E-state index contributed by atoms with van der Waals surface area (Å²) in [5.74, 6) is 0.779. The Labute approximate surface area is 134 Å². The molecule has 1 unspecified atom stereocenters. The van der Waals surface area contributed by atoms with Crippen LogP contribution >= 0.6 is 0 Å². The standard InChI is InChI=1S/C17H20FN3O2/c1-12(23-16-9-4-3-8-15(16)18)11-20-17(19)21-13-6-5-7-14(10-13)22-2/h3-10,12H,11H2,1-2H3,(H3,19,20,21). The maximum atomic E-state index is 13.5. The number of ether oxygens (including phenoxy) is 2. The molecule has 0 aliphatic rings. The van der Waals surface area contributed by atoms with Gasteiger partial charge in [0.1, 0.15) is 11.9 Å². The van der Waals surface area contributed by atoms with E-state index in [1.165, 1.54) is 6.07 Å². The molecule has 23 heavy (non-hydrogen) atoms. The molecule has 0 aromatic heterocycles. The fourth-order valence-corrected chi connectivity index (χ4v) is 1.91. The fraction of sp³-hybridized carbons (Fsp3) is 0.235. The molecule has 2 aromatic rings. The molecular weight excluding hydrogens is 297 g/mol. The van der Waals surface area contributed by atoms with Gasteiger partial charge in [0, 0.05) is 11.8 Å². The van der Waals surface area contributed by atoms with Crippen LogP contribution in [0.25, 0.3) is 0 Å². The van der Waals surface area contributed by atoms with E-state index in [0.29, 0.717) is 6.54 Å². The molecule has 0 radical (unpaired) electrons. The summed E-state index contributed by atoms with van der Waals surface area (Å²) in [5.41, 5.74) is 6.61. The average molecular weight is 317 g/mol. The van der Waals surface area contributed by atoms with Crippen LogP contribution in [0.1, 0.15) is 6.92 Å². The monoisotopic (exact) mass is 317 g/mol. The van der Waals surface area contributed by atoms with Crippen LogP contribution in [-0.4, -0.2) is 25.7 Å². The summed E-state index contributed by atoms with van der Waals surface area (Å²) in [5, 5.41) is 2.97. The maximum Gasteiger partial charge on any atom is 0.193 e. The van der Waals surface area contributed by atoms with Crippen molar-refractivity contribution in [2.45, 2.75) is 13.0 Å². The topological polar surface area (TPSA) is 68.9 Å². The van der Waals surface area contributed by atoms with Gasteiger partial charge in [-0.2, -0.15) is 0 Å². The van der Waals surface area contributed by atoms with Crippen molar-refractivity contribution in [2.24, 2.45) is 10.7 Å². The van der Waals surface area contributed by atoms with Gasteiger partial charge in [-0.3, -0.25) is 0 Å². The number of nitrogens with one attached hydrogen (secondary N) is 1. The Balaban J connectivity index is 1.89. The second-order valence-electron chi connectivity index (χ2n) is 4.94. The van der Waals surface area contributed by atoms with Crippen LogP contribution in [-0.2, 0) is 0 Å². The van der Waals surface area contributed by atoms with E-state index < -0.39 is 5.82 Å². The van der Waals surface area contributed by atoms with E-state index >= 15 is 0 Å². The number of guanidine groups is 1. The van der Waals surface area contributed by atoms with Gasteiger partial charge in [0.25, 0.3) is 0 Å². The Morgan fingerprint density at radius 2 is 2.04 bits per heavy atom. The summed E-state index contributed by atoms with van der Waals surface area (Å²) in [6.07, 6.45) is -0.308. The molecule has 2 aromatic carbocycles. The third-order valence-corrected chi connectivity index (χ3v) is 3.03. The van der Waals surface area contributed by atoms with E-state index in [2.05, 4.69) is 10.3 Å². The lowest BCUT2D eigenvalue weighted by atomic mass is 10.3. The number of halogens is 1. The first kappa shape index (κ1) is 16.6. The molecule has 0 fully saturated rings. The van der Waals surface area contributed by atoms with Gasteiger partial charge in [0.15, 0.2) is 17.5 Å². The molecule has 0 aliphatic heterocycles. The van der Waals surface area contributed by atoms with Crippen molar-refractivity contribution in [2.75, 3.05) is 19.0 Å². The lowest BCUT2D eigenvalue weighted by Gasteiger charge is -2.14. The number of hydrogen-bond acceptors (Lipinski definition) is 3. The number of aliphatic imine (C=N–C) groups is 1. The minimum Gasteiger partial charge on any atom is -0.497 e. The highest BCUT2D eigenvalue weighted by Gasteiger charge is 2.07. The molecule has 0 amide bonds. The SMILES string of the molecule is COc1cccc(NC(N)=NCC(C)Oc2ccccc2F)c1. The molecular formula is C17H20FN3O2. The molecule has 6 heteroatoms. The second kappa shape index (κ2) is 8.03. The average Bonchev–Trinajstić information content (AvgIpc) is 2.55. The van der Waals surface area contributed by atoms with E-state index in [1.807, 2.05) is 24.3 Å². The van der Waals surface area contributed by atoms with Gasteiger partial charge >= 0.3 is 0 Å². The highest BCUT2D eigenvalue weighted by molar-refractivity contribution is 5.92. The van der Waals surface area contributed by atoms with Gasteiger partial charge in [0.2, 0.25) is 0 Å². The zero-order valence-electron chi connectivity index (χ0n) is 13.1. The van der Waals surface area contributed by atoms with E-state index in [0.717, 1.165) is 11.4 Å². The number of hydrogen-bond donors (Lipinski definition) is 2. The van der Waals surface area contributed by atoms with Gasteiger partial charge in [-0.05, 0) is 31.2 Å². The number of rotatable bonds is 6. The fourth-order valence-electron chi connectivity index (χ4n) is 1.91. The van der Waals surface area contributed by atoms with Crippen molar-refractivity contribution < 1.29 is 13.9 Å². The van der Waals surface area contributed by atoms with Crippen LogP contribution in [0.2, 0.25) is 0 Å². The number of nitrogens with two attached hydrogens (primary N) is 1. The summed E-state index contributed by atoms with van der Waals surface area (Å²) in [6, 6.07) is 13.6. The van der Waals surface area contributed by atoms with E-state index in [4.69, 9.17) is 15.2 Å². The number of benzene rings is 2. The zero-order chi connectivity index (χ0) is 16.7. The van der Waals surface area contributed by atoms with Crippen LogP contribution in [0.15, 0.2) is 53.5 Å². The molecule has 2 rings (SSSR count). The summed E-state index contributed by atoms with van der Waals surface area (Å²) in [6.45, 7) is 2.10. The van der Waals surface area contributed by atoms with Gasteiger partial charge in [0.05, 0.1) is 13.7 Å². The van der Waals surface area contributed by atoms with Crippen molar-refractivity contribution in [3.63, 3.8) is 0 Å². The summed E-state index contributed by atoms with van der Waals surface area (Å²) >= 11 is 0. The molecule has 3 N–H and O–H groups in total. The number of nitrogens with zero attached hydrogens (tertiary/aromatic N) is 1. The Hall–Kier alpha value is -2.76. The van der Waals surface area contributed by atoms with E-state index in [-0.39, 0.29) is 17.8 Å². The quantitative estimate of drug-likeness (QED) is 0.635. The number of methoxy groups -OCH3 is 1. The van der Waals surface area contributed by atoms with Crippen molar-refractivity contribution in [3.8, 4) is 11.5 Å². The second-order valence-corrected chi connectivity index (χ2v) is 4.94. The molecule has 122 valence electrons. The molecule has 0 bridgehead atoms. The summed E-state index contributed by atoms with van der Waals surface area (Å²) < 4.78 is 24.1. The smallest absolute Gasteiger partial charge is 0.193 e. The van der Waals surface area contributed by atoms with Crippen LogP contribution in [0, 0.1) is 5.82 Å². The van der Waals surface area contributed by atoms with Crippen LogP contribution in [0.3, 0.4) is 0 Å².